The quantitative estimate of drug-likeness (QED) is 0.644. The van der Waals surface area contributed by atoms with E-state index in [-0.39, 0.29) is 18.9 Å². The standard InChI is InChI=1S/C9H15N3O4/c1-15-5-16-12-6-2-3-7(8(10)13)11(4-6)9(12)14/h6-7H,2-5H2,1H3,(H2,10,13). The molecule has 2 unspecified atom stereocenters. The molecule has 16 heavy (non-hydrogen) atoms. The average molecular weight is 229 g/mol. The molecule has 0 aromatic carbocycles. The molecule has 0 aromatic rings. The number of carbonyl (C=O) groups excluding carboxylic acids is 2. The summed E-state index contributed by atoms with van der Waals surface area (Å²) in [6.07, 6.45) is 1.32. The predicted octanol–water partition coefficient (Wildman–Crippen LogP) is -0.724. The van der Waals surface area contributed by atoms with Crippen molar-refractivity contribution in [3.05, 3.63) is 0 Å². The van der Waals surface area contributed by atoms with Gasteiger partial charge in [0.1, 0.15) is 6.04 Å². The van der Waals surface area contributed by atoms with Gasteiger partial charge in [0.25, 0.3) is 0 Å². The van der Waals surface area contributed by atoms with E-state index in [0.29, 0.717) is 13.0 Å². The Bertz CT molecular complexity index is 309. The van der Waals surface area contributed by atoms with Crippen molar-refractivity contribution in [3.63, 3.8) is 0 Å². The molecule has 2 fully saturated rings. The lowest BCUT2D eigenvalue weighted by Gasteiger charge is -2.27. The van der Waals surface area contributed by atoms with E-state index >= 15 is 0 Å². The molecule has 2 aliphatic heterocycles. The van der Waals surface area contributed by atoms with Crippen molar-refractivity contribution in [2.45, 2.75) is 24.9 Å². The molecule has 90 valence electrons. The molecule has 2 rings (SSSR count). The van der Waals surface area contributed by atoms with Crippen molar-refractivity contribution in [2.24, 2.45) is 5.73 Å². The molecule has 2 heterocycles. The second-order valence-corrected chi connectivity index (χ2v) is 3.95. The molecule has 7 nitrogen and oxygen atoms in total. The SMILES string of the molecule is COCON1C(=O)N2CC1CCC2C(N)=O. The molecule has 2 saturated heterocycles. The lowest BCUT2D eigenvalue weighted by molar-refractivity contribution is -0.194. The van der Waals surface area contributed by atoms with E-state index in [0.717, 1.165) is 6.42 Å². The third-order valence-electron chi connectivity index (χ3n) is 2.96. The second-order valence-electron chi connectivity index (χ2n) is 3.95. The maximum Gasteiger partial charge on any atom is 0.345 e. The number of fused-ring (bicyclic) bond motifs is 2. The highest BCUT2D eigenvalue weighted by atomic mass is 16.8. The molecule has 2 atom stereocenters. The number of nitrogens with zero attached hydrogens (tertiary/aromatic N) is 2. The van der Waals surface area contributed by atoms with Crippen LogP contribution in [0.1, 0.15) is 12.8 Å². The Morgan fingerprint density at radius 2 is 2.31 bits per heavy atom. The van der Waals surface area contributed by atoms with Crippen molar-refractivity contribution in [1.82, 2.24) is 9.96 Å². The molecule has 2 aliphatic rings. The van der Waals surface area contributed by atoms with Gasteiger partial charge in [-0.25, -0.2) is 9.63 Å². The lowest BCUT2D eigenvalue weighted by Crippen LogP contribution is -2.47. The molecule has 0 radical (unpaired) electrons. The van der Waals surface area contributed by atoms with Gasteiger partial charge >= 0.3 is 6.03 Å². The van der Waals surface area contributed by atoms with Crippen LogP contribution in [-0.4, -0.2) is 54.4 Å². The van der Waals surface area contributed by atoms with Crippen molar-refractivity contribution in [2.75, 3.05) is 20.4 Å². The monoisotopic (exact) mass is 229 g/mol. The van der Waals surface area contributed by atoms with Crippen LogP contribution in [0.15, 0.2) is 0 Å². The molecule has 0 saturated carbocycles. The highest BCUT2D eigenvalue weighted by Crippen LogP contribution is 2.29. The first kappa shape index (κ1) is 11.2. The molecule has 2 bridgehead atoms. The number of amides is 3. The zero-order valence-corrected chi connectivity index (χ0v) is 9.09. The molecule has 0 aromatic heterocycles. The van der Waals surface area contributed by atoms with Crippen LogP contribution in [0.5, 0.6) is 0 Å². The van der Waals surface area contributed by atoms with E-state index in [2.05, 4.69) is 0 Å². The number of hydroxylamine groups is 2. The van der Waals surface area contributed by atoms with Crippen LogP contribution in [0.25, 0.3) is 0 Å². The molecule has 7 heteroatoms. The fourth-order valence-electron chi connectivity index (χ4n) is 2.20. The number of primary amides is 1. The fourth-order valence-corrected chi connectivity index (χ4v) is 2.20. The van der Waals surface area contributed by atoms with Crippen LogP contribution >= 0.6 is 0 Å². The summed E-state index contributed by atoms with van der Waals surface area (Å²) in [5.41, 5.74) is 5.24. The van der Waals surface area contributed by atoms with Gasteiger partial charge < -0.3 is 15.4 Å². The summed E-state index contributed by atoms with van der Waals surface area (Å²) in [6.45, 7) is 0.521. The summed E-state index contributed by atoms with van der Waals surface area (Å²) >= 11 is 0. The van der Waals surface area contributed by atoms with E-state index in [1.54, 1.807) is 0 Å². The third-order valence-corrected chi connectivity index (χ3v) is 2.96. The smallest absolute Gasteiger partial charge is 0.345 e. The minimum absolute atomic E-state index is 0.00162. The Labute approximate surface area is 93.0 Å². The van der Waals surface area contributed by atoms with Gasteiger partial charge in [0.2, 0.25) is 5.91 Å². The third kappa shape index (κ3) is 1.72. The molecular weight excluding hydrogens is 214 g/mol. The van der Waals surface area contributed by atoms with Gasteiger partial charge in [0.15, 0.2) is 6.79 Å². The predicted molar refractivity (Wildman–Crippen MR) is 52.9 cm³/mol. The Morgan fingerprint density at radius 1 is 1.56 bits per heavy atom. The van der Waals surface area contributed by atoms with Gasteiger partial charge in [-0.05, 0) is 12.8 Å². The summed E-state index contributed by atoms with van der Waals surface area (Å²) < 4.78 is 4.75. The number of hydrogen-bond donors (Lipinski definition) is 1. The van der Waals surface area contributed by atoms with Crippen LogP contribution in [0.4, 0.5) is 4.79 Å². The minimum atomic E-state index is -0.500. The van der Waals surface area contributed by atoms with Crippen molar-refractivity contribution >= 4 is 11.9 Å². The Kier molecular flexibility index (Phi) is 2.97. The molecule has 0 aliphatic carbocycles. The van der Waals surface area contributed by atoms with Crippen molar-refractivity contribution < 1.29 is 19.2 Å². The van der Waals surface area contributed by atoms with Gasteiger partial charge in [-0.15, -0.1) is 0 Å². The molecular formula is C9H15N3O4. The van der Waals surface area contributed by atoms with E-state index in [4.69, 9.17) is 15.3 Å². The van der Waals surface area contributed by atoms with Crippen LogP contribution < -0.4 is 5.73 Å². The van der Waals surface area contributed by atoms with Crippen LogP contribution in [0.3, 0.4) is 0 Å². The van der Waals surface area contributed by atoms with Crippen molar-refractivity contribution in [1.29, 1.82) is 0 Å². The number of urea groups is 1. The van der Waals surface area contributed by atoms with Crippen LogP contribution in [-0.2, 0) is 14.4 Å². The van der Waals surface area contributed by atoms with E-state index in [1.165, 1.54) is 17.1 Å². The van der Waals surface area contributed by atoms with Gasteiger partial charge in [-0.3, -0.25) is 4.79 Å². The van der Waals surface area contributed by atoms with E-state index in [9.17, 15) is 9.59 Å². The number of hydrogen-bond acceptors (Lipinski definition) is 4. The number of methoxy groups -OCH3 is 1. The Morgan fingerprint density at radius 3 is 2.94 bits per heavy atom. The minimum Gasteiger partial charge on any atom is -0.368 e. The largest absolute Gasteiger partial charge is 0.368 e. The first-order chi connectivity index (χ1) is 7.65. The topological polar surface area (TPSA) is 85.1 Å². The highest BCUT2D eigenvalue weighted by Gasteiger charge is 2.47. The summed E-state index contributed by atoms with van der Waals surface area (Å²) in [5, 5.41) is 1.28. The second kappa shape index (κ2) is 4.26. The summed E-state index contributed by atoms with van der Waals surface area (Å²) in [5.74, 6) is -0.458. The lowest BCUT2D eigenvalue weighted by atomic mass is 10.0. The zero-order chi connectivity index (χ0) is 11.7. The first-order valence-corrected chi connectivity index (χ1v) is 5.16. The maximum absolute atomic E-state index is 11.9. The van der Waals surface area contributed by atoms with Gasteiger partial charge in [-0.2, -0.15) is 5.06 Å². The van der Waals surface area contributed by atoms with Crippen LogP contribution in [0, 0.1) is 0 Å². The summed E-state index contributed by atoms with van der Waals surface area (Å²) in [7, 11) is 1.49. The first-order valence-electron chi connectivity index (χ1n) is 5.16. The zero-order valence-electron chi connectivity index (χ0n) is 9.09. The Balaban J connectivity index is 2.07. The number of piperidine rings is 1. The number of ether oxygens (including phenoxy) is 1. The Hall–Kier alpha value is -1.34. The highest BCUT2D eigenvalue weighted by molar-refractivity contribution is 5.87. The van der Waals surface area contributed by atoms with Gasteiger partial charge in [0.05, 0.1) is 6.04 Å². The van der Waals surface area contributed by atoms with E-state index < -0.39 is 11.9 Å². The van der Waals surface area contributed by atoms with Gasteiger partial charge in [-0.1, -0.05) is 0 Å². The summed E-state index contributed by atoms with van der Waals surface area (Å²) in [6, 6.07) is -0.804. The fraction of sp³-hybridized carbons (Fsp3) is 0.778. The van der Waals surface area contributed by atoms with Gasteiger partial charge in [0, 0.05) is 13.7 Å². The molecule has 0 spiro atoms. The average Bonchev–Trinajstić information content (AvgIpc) is 2.50. The number of rotatable bonds is 4. The molecule has 3 amide bonds. The number of nitrogens with two attached hydrogens (primary N) is 1. The maximum atomic E-state index is 11.9. The number of carbonyl (C=O) groups is 2. The van der Waals surface area contributed by atoms with Crippen molar-refractivity contribution in [3.8, 4) is 0 Å². The summed E-state index contributed by atoms with van der Waals surface area (Å²) in [4.78, 5) is 29.7. The van der Waals surface area contributed by atoms with Crippen LogP contribution in [0.2, 0.25) is 0 Å². The van der Waals surface area contributed by atoms with E-state index in [1.807, 2.05) is 0 Å². The molecule has 2 N–H and O–H groups in total. The normalized spacial score (nSPS) is 28.7.